The van der Waals surface area contributed by atoms with Crippen LogP contribution in [0.15, 0.2) is 114 Å². The third kappa shape index (κ3) is 7.99. The van der Waals surface area contributed by atoms with Crippen LogP contribution in [0.5, 0.6) is 11.5 Å². The standard InChI is InChI=1S/C38H40N2O5/c1-28-14-16-30(17-15-28)22-24-39-37(42)38(23-7-11-29-9-4-3-5-10-29)35(32-12-6-13-34(27-32)43-2)45-36(40-38)31-18-20-33(21-19-31)44-26-8-25-41/h3-7,9-21,27,35,41H,8,22-26H2,1-2H3,(H,39,42)/b11-7+/t35-,38-/m1/s1. The van der Waals surface area contributed by atoms with Gasteiger partial charge in [0.05, 0.1) is 13.7 Å². The number of aliphatic imine (C=N–C) groups is 1. The van der Waals surface area contributed by atoms with Crippen LogP contribution >= 0.6 is 0 Å². The monoisotopic (exact) mass is 604 g/mol. The summed E-state index contributed by atoms with van der Waals surface area (Å²) in [5.74, 6) is 1.52. The Morgan fingerprint density at radius 3 is 2.49 bits per heavy atom. The molecule has 1 heterocycles. The first-order valence-electron chi connectivity index (χ1n) is 15.3. The predicted molar refractivity (Wildman–Crippen MR) is 178 cm³/mol. The van der Waals surface area contributed by atoms with Crippen molar-refractivity contribution < 1.29 is 24.1 Å². The Hall–Kier alpha value is -4.88. The Labute approximate surface area is 265 Å². The van der Waals surface area contributed by atoms with Gasteiger partial charge >= 0.3 is 0 Å². The minimum absolute atomic E-state index is 0.0717. The highest BCUT2D eigenvalue weighted by atomic mass is 16.5. The molecule has 0 unspecified atom stereocenters. The first-order valence-corrected chi connectivity index (χ1v) is 15.3. The van der Waals surface area contributed by atoms with Crippen LogP contribution in [-0.4, -0.2) is 49.3 Å². The van der Waals surface area contributed by atoms with E-state index in [9.17, 15) is 4.79 Å². The lowest BCUT2D eigenvalue weighted by molar-refractivity contribution is -0.128. The summed E-state index contributed by atoms with van der Waals surface area (Å²) in [6.45, 7) is 3.01. The molecule has 0 saturated carbocycles. The Morgan fingerprint density at radius 2 is 1.76 bits per heavy atom. The number of nitrogens with one attached hydrogen (secondary N) is 1. The fraction of sp³-hybridized carbons (Fsp3) is 0.263. The fourth-order valence-corrected chi connectivity index (χ4v) is 5.29. The number of aliphatic hydroxyl groups is 1. The summed E-state index contributed by atoms with van der Waals surface area (Å²) < 4.78 is 17.9. The van der Waals surface area contributed by atoms with E-state index in [0.717, 1.165) is 22.3 Å². The van der Waals surface area contributed by atoms with Gasteiger partial charge in [-0.1, -0.05) is 84.4 Å². The van der Waals surface area contributed by atoms with Gasteiger partial charge < -0.3 is 24.6 Å². The van der Waals surface area contributed by atoms with Crippen LogP contribution in [0.3, 0.4) is 0 Å². The van der Waals surface area contributed by atoms with E-state index in [1.165, 1.54) is 5.56 Å². The highest BCUT2D eigenvalue weighted by molar-refractivity contribution is 6.01. The molecule has 4 aromatic carbocycles. The molecule has 0 bridgehead atoms. The van der Waals surface area contributed by atoms with E-state index >= 15 is 0 Å². The zero-order chi connectivity index (χ0) is 31.5. The molecule has 0 radical (unpaired) electrons. The number of aryl methyl sites for hydroxylation is 1. The minimum atomic E-state index is -1.28. The molecule has 0 aromatic heterocycles. The minimum Gasteiger partial charge on any atom is -0.497 e. The zero-order valence-corrected chi connectivity index (χ0v) is 25.8. The second-order valence-corrected chi connectivity index (χ2v) is 11.1. The third-order valence-corrected chi connectivity index (χ3v) is 7.79. The molecule has 2 N–H and O–H groups in total. The number of benzene rings is 4. The van der Waals surface area contributed by atoms with Gasteiger partial charge in [-0.05, 0) is 66.4 Å². The van der Waals surface area contributed by atoms with E-state index in [0.29, 0.717) is 49.8 Å². The molecule has 1 amide bonds. The number of nitrogens with zero attached hydrogens (tertiary/aromatic N) is 1. The lowest BCUT2D eigenvalue weighted by Crippen LogP contribution is -2.48. The topological polar surface area (TPSA) is 89.4 Å². The van der Waals surface area contributed by atoms with Gasteiger partial charge in [0, 0.05) is 31.6 Å². The lowest BCUT2D eigenvalue weighted by atomic mass is 9.84. The van der Waals surface area contributed by atoms with Crippen molar-refractivity contribution in [2.24, 2.45) is 4.99 Å². The molecule has 1 aliphatic heterocycles. The van der Waals surface area contributed by atoms with Crippen molar-refractivity contribution in [2.45, 2.75) is 37.8 Å². The molecule has 0 saturated heterocycles. The molecule has 4 aromatic rings. The molecule has 0 spiro atoms. The Kier molecular flexibility index (Phi) is 10.7. The Balaban J connectivity index is 1.50. The van der Waals surface area contributed by atoms with Crippen molar-refractivity contribution in [3.05, 3.63) is 137 Å². The number of hydrogen-bond donors (Lipinski definition) is 2. The molecule has 5 rings (SSSR count). The van der Waals surface area contributed by atoms with Crippen molar-refractivity contribution in [3.63, 3.8) is 0 Å². The van der Waals surface area contributed by atoms with E-state index in [-0.39, 0.29) is 12.5 Å². The molecule has 0 fully saturated rings. The number of carbonyl (C=O) groups is 1. The highest BCUT2D eigenvalue weighted by Gasteiger charge is 2.52. The van der Waals surface area contributed by atoms with Gasteiger partial charge in [-0.15, -0.1) is 0 Å². The smallest absolute Gasteiger partial charge is 0.252 e. The number of methoxy groups -OCH3 is 1. The maximum atomic E-state index is 14.4. The first kappa shape index (κ1) is 31.5. The van der Waals surface area contributed by atoms with Crippen LogP contribution in [0.4, 0.5) is 0 Å². The third-order valence-electron chi connectivity index (χ3n) is 7.79. The van der Waals surface area contributed by atoms with Crippen LogP contribution in [0.1, 0.15) is 46.8 Å². The Morgan fingerprint density at radius 1 is 0.978 bits per heavy atom. The van der Waals surface area contributed by atoms with Crippen LogP contribution < -0.4 is 14.8 Å². The van der Waals surface area contributed by atoms with Crippen molar-refractivity contribution >= 4 is 17.9 Å². The number of ether oxygens (including phenoxy) is 3. The summed E-state index contributed by atoms with van der Waals surface area (Å²) in [4.78, 5) is 19.5. The first-order chi connectivity index (χ1) is 22.0. The van der Waals surface area contributed by atoms with Gasteiger partial charge in [-0.2, -0.15) is 0 Å². The van der Waals surface area contributed by atoms with Crippen molar-refractivity contribution in [1.29, 1.82) is 0 Å². The molecular formula is C38H40N2O5. The number of aliphatic hydroxyl groups excluding tert-OH is 1. The predicted octanol–water partition coefficient (Wildman–Crippen LogP) is 6.48. The molecule has 1 aliphatic rings. The summed E-state index contributed by atoms with van der Waals surface area (Å²) in [6, 6.07) is 33.4. The summed E-state index contributed by atoms with van der Waals surface area (Å²) in [6.07, 6.45) is 4.86. The molecule has 7 heteroatoms. The van der Waals surface area contributed by atoms with Crippen LogP contribution in [0.2, 0.25) is 0 Å². The van der Waals surface area contributed by atoms with Crippen LogP contribution in [0, 0.1) is 6.92 Å². The Bertz CT molecular complexity index is 1600. The molecule has 0 aliphatic carbocycles. The van der Waals surface area contributed by atoms with Gasteiger partial charge in [0.2, 0.25) is 5.90 Å². The van der Waals surface area contributed by atoms with Gasteiger partial charge in [0.15, 0.2) is 11.6 Å². The largest absolute Gasteiger partial charge is 0.497 e. The van der Waals surface area contributed by atoms with E-state index in [1.807, 2.05) is 91.0 Å². The van der Waals surface area contributed by atoms with Gasteiger partial charge in [0.25, 0.3) is 5.91 Å². The molecule has 7 nitrogen and oxygen atoms in total. The van der Waals surface area contributed by atoms with Gasteiger partial charge in [-0.3, -0.25) is 4.79 Å². The number of hydrogen-bond acceptors (Lipinski definition) is 6. The SMILES string of the molecule is COc1cccc([C@H]2OC(c3ccc(OCCCO)cc3)=N[C@@]2(C/C=C/c2ccccc2)C(=O)NCCc2ccc(C)cc2)c1. The molecule has 45 heavy (non-hydrogen) atoms. The number of carbonyl (C=O) groups excluding carboxylic acids is 1. The summed E-state index contributed by atoms with van der Waals surface area (Å²) in [5.41, 5.74) is 3.62. The van der Waals surface area contributed by atoms with Gasteiger partial charge in [0.1, 0.15) is 11.5 Å². The second-order valence-electron chi connectivity index (χ2n) is 11.1. The van der Waals surface area contributed by atoms with Gasteiger partial charge in [-0.25, -0.2) is 4.99 Å². The molecule has 2 atom stereocenters. The van der Waals surface area contributed by atoms with Crippen LogP contribution in [-0.2, 0) is 16.0 Å². The van der Waals surface area contributed by atoms with E-state index < -0.39 is 11.6 Å². The summed E-state index contributed by atoms with van der Waals surface area (Å²) in [7, 11) is 1.62. The van der Waals surface area contributed by atoms with E-state index in [2.05, 4.69) is 36.5 Å². The normalized spacial score (nSPS) is 17.5. The van der Waals surface area contributed by atoms with E-state index in [4.69, 9.17) is 24.3 Å². The highest BCUT2D eigenvalue weighted by Crippen LogP contribution is 2.43. The van der Waals surface area contributed by atoms with Crippen LogP contribution in [0.25, 0.3) is 6.08 Å². The number of amides is 1. The molecular weight excluding hydrogens is 564 g/mol. The van der Waals surface area contributed by atoms with Crippen molar-refractivity contribution in [2.75, 3.05) is 26.9 Å². The summed E-state index contributed by atoms with van der Waals surface area (Å²) >= 11 is 0. The number of rotatable bonds is 14. The molecule has 232 valence electrons. The maximum absolute atomic E-state index is 14.4. The second kappa shape index (κ2) is 15.2. The van der Waals surface area contributed by atoms with Crippen molar-refractivity contribution in [1.82, 2.24) is 5.32 Å². The van der Waals surface area contributed by atoms with Crippen molar-refractivity contribution in [3.8, 4) is 11.5 Å². The van der Waals surface area contributed by atoms with E-state index in [1.54, 1.807) is 7.11 Å². The average molecular weight is 605 g/mol. The quantitative estimate of drug-likeness (QED) is 0.161. The average Bonchev–Trinajstić information content (AvgIpc) is 3.47. The maximum Gasteiger partial charge on any atom is 0.252 e. The lowest BCUT2D eigenvalue weighted by Gasteiger charge is -2.30. The summed E-state index contributed by atoms with van der Waals surface area (Å²) in [5, 5.41) is 12.3. The fourth-order valence-electron chi connectivity index (χ4n) is 5.29. The zero-order valence-electron chi connectivity index (χ0n) is 25.8.